The van der Waals surface area contributed by atoms with E-state index in [1.807, 2.05) is 4.90 Å². The molecule has 74 valence electrons. The van der Waals surface area contributed by atoms with Crippen molar-refractivity contribution in [1.29, 1.82) is 0 Å². The Hall–Kier alpha value is -1.13. The van der Waals surface area contributed by atoms with Gasteiger partial charge in [0.05, 0.1) is 0 Å². The van der Waals surface area contributed by atoms with Gasteiger partial charge in [0.1, 0.15) is 6.04 Å². The number of nitrogens with two attached hydrogens (primary N) is 1. The average molecular weight is 184 g/mol. The van der Waals surface area contributed by atoms with Crippen molar-refractivity contribution in [2.75, 3.05) is 19.6 Å². The van der Waals surface area contributed by atoms with Gasteiger partial charge in [-0.1, -0.05) is 12.2 Å². The summed E-state index contributed by atoms with van der Waals surface area (Å²) in [6.45, 7) is 8.69. The van der Waals surface area contributed by atoms with Gasteiger partial charge in [0.25, 0.3) is 0 Å². The third-order valence-corrected chi connectivity index (χ3v) is 1.55. The van der Waals surface area contributed by atoms with Gasteiger partial charge in [-0.2, -0.15) is 0 Å². The van der Waals surface area contributed by atoms with Gasteiger partial charge in [-0.05, 0) is 0 Å². The van der Waals surface area contributed by atoms with Gasteiger partial charge in [0.15, 0.2) is 0 Å². The average Bonchev–Trinajstić information content (AvgIpc) is 2.05. The van der Waals surface area contributed by atoms with Crippen LogP contribution in [0, 0.1) is 0 Å². The molecule has 0 aromatic carbocycles. The summed E-state index contributed by atoms with van der Waals surface area (Å²) in [4.78, 5) is 12.3. The number of aliphatic carboxylic acids is 1. The van der Waals surface area contributed by atoms with E-state index < -0.39 is 12.0 Å². The summed E-state index contributed by atoms with van der Waals surface area (Å²) in [6.07, 6.45) is 3.41. The lowest BCUT2D eigenvalue weighted by Crippen LogP contribution is -2.42. The first-order valence-corrected chi connectivity index (χ1v) is 4.04. The van der Waals surface area contributed by atoms with Crippen molar-refractivity contribution < 1.29 is 9.90 Å². The highest BCUT2D eigenvalue weighted by Crippen LogP contribution is 1.92. The summed E-state index contributed by atoms with van der Waals surface area (Å²) in [5, 5.41) is 8.56. The van der Waals surface area contributed by atoms with Crippen LogP contribution in [0.4, 0.5) is 0 Å². The molecule has 0 saturated heterocycles. The lowest BCUT2D eigenvalue weighted by atomic mass is 10.3. The van der Waals surface area contributed by atoms with Gasteiger partial charge < -0.3 is 10.8 Å². The van der Waals surface area contributed by atoms with Gasteiger partial charge >= 0.3 is 5.97 Å². The van der Waals surface area contributed by atoms with E-state index in [1.54, 1.807) is 12.2 Å². The normalized spacial score (nSPS) is 12.5. The van der Waals surface area contributed by atoms with Crippen LogP contribution >= 0.6 is 0 Å². The first-order valence-electron chi connectivity index (χ1n) is 4.04. The van der Waals surface area contributed by atoms with Crippen molar-refractivity contribution in [3.8, 4) is 0 Å². The third kappa shape index (κ3) is 5.16. The van der Waals surface area contributed by atoms with Gasteiger partial charge in [0, 0.05) is 19.6 Å². The summed E-state index contributed by atoms with van der Waals surface area (Å²) in [6, 6.07) is -0.847. The molecule has 0 aromatic heterocycles. The largest absolute Gasteiger partial charge is 0.480 e. The van der Waals surface area contributed by atoms with Gasteiger partial charge in [-0.25, -0.2) is 0 Å². The lowest BCUT2D eigenvalue weighted by Gasteiger charge is -2.20. The molecule has 1 atom stereocenters. The Morgan fingerprint density at radius 1 is 1.46 bits per heavy atom. The first-order chi connectivity index (χ1) is 6.11. The Morgan fingerprint density at radius 3 is 2.23 bits per heavy atom. The molecule has 0 fully saturated rings. The molecule has 0 saturated carbocycles. The zero-order valence-corrected chi connectivity index (χ0v) is 7.65. The van der Waals surface area contributed by atoms with Crippen LogP contribution in [0.25, 0.3) is 0 Å². The Morgan fingerprint density at radius 2 is 1.92 bits per heavy atom. The second-order valence-electron chi connectivity index (χ2n) is 2.74. The van der Waals surface area contributed by atoms with Crippen LogP contribution in [0.5, 0.6) is 0 Å². The number of carbonyl (C=O) groups is 1. The molecule has 13 heavy (non-hydrogen) atoms. The van der Waals surface area contributed by atoms with Crippen LogP contribution in [0.1, 0.15) is 0 Å². The van der Waals surface area contributed by atoms with Crippen molar-refractivity contribution in [3.63, 3.8) is 0 Å². The monoisotopic (exact) mass is 184 g/mol. The molecule has 0 aliphatic carbocycles. The molecular weight excluding hydrogens is 168 g/mol. The SMILES string of the molecule is C=CCN(CC=C)CC(N)C(=O)O. The Kier molecular flexibility index (Phi) is 5.84. The number of hydrogen-bond acceptors (Lipinski definition) is 3. The van der Waals surface area contributed by atoms with Crippen LogP contribution in [0.15, 0.2) is 25.3 Å². The first kappa shape index (κ1) is 11.9. The maximum Gasteiger partial charge on any atom is 0.321 e. The fraction of sp³-hybridized carbons (Fsp3) is 0.444. The predicted molar refractivity (Wildman–Crippen MR) is 52.4 cm³/mol. The summed E-state index contributed by atoms with van der Waals surface area (Å²) in [5.41, 5.74) is 5.37. The zero-order valence-electron chi connectivity index (χ0n) is 7.65. The smallest absolute Gasteiger partial charge is 0.321 e. The van der Waals surface area contributed by atoms with E-state index in [1.165, 1.54) is 0 Å². The Labute approximate surface area is 78.3 Å². The number of hydrogen-bond donors (Lipinski definition) is 2. The van der Waals surface area contributed by atoms with E-state index in [4.69, 9.17) is 10.8 Å². The lowest BCUT2D eigenvalue weighted by molar-refractivity contribution is -0.138. The van der Waals surface area contributed by atoms with Gasteiger partial charge in [-0.3, -0.25) is 9.69 Å². The topological polar surface area (TPSA) is 66.6 Å². The van der Waals surface area contributed by atoms with E-state index in [0.717, 1.165) is 0 Å². The fourth-order valence-electron chi connectivity index (χ4n) is 0.945. The standard InChI is InChI=1S/C9H16N2O2/c1-3-5-11(6-4-2)7-8(10)9(12)13/h3-4,8H,1-2,5-7,10H2,(H,12,13). The zero-order chi connectivity index (χ0) is 10.3. The Balaban J connectivity index is 3.99. The maximum atomic E-state index is 10.4. The molecule has 0 aromatic rings. The van der Waals surface area contributed by atoms with Crippen molar-refractivity contribution in [2.24, 2.45) is 5.73 Å². The van der Waals surface area contributed by atoms with Gasteiger partial charge in [0.2, 0.25) is 0 Å². The minimum atomic E-state index is -0.988. The third-order valence-electron chi connectivity index (χ3n) is 1.55. The number of rotatable bonds is 7. The van der Waals surface area contributed by atoms with Gasteiger partial charge in [-0.15, -0.1) is 13.2 Å². The quantitative estimate of drug-likeness (QED) is 0.550. The molecular formula is C9H16N2O2. The summed E-state index contributed by atoms with van der Waals surface area (Å²) < 4.78 is 0. The molecule has 0 radical (unpaired) electrons. The molecule has 3 N–H and O–H groups in total. The molecule has 0 bridgehead atoms. The number of nitrogens with zero attached hydrogens (tertiary/aromatic N) is 1. The number of carboxylic acid groups (broad SMARTS) is 1. The van der Waals surface area contributed by atoms with E-state index in [0.29, 0.717) is 19.6 Å². The van der Waals surface area contributed by atoms with Crippen LogP contribution in [0.2, 0.25) is 0 Å². The van der Waals surface area contributed by atoms with Crippen LogP contribution in [-0.4, -0.2) is 41.7 Å². The molecule has 1 unspecified atom stereocenters. The summed E-state index contributed by atoms with van der Waals surface area (Å²) in [5.74, 6) is -0.988. The Bertz CT molecular complexity index is 182. The predicted octanol–water partition coefficient (Wildman–Crippen LogP) is 0.0723. The molecule has 0 heterocycles. The highest BCUT2D eigenvalue weighted by molar-refractivity contribution is 5.73. The van der Waals surface area contributed by atoms with E-state index >= 15 is 0 Å². The second-order valence-corrected chi connectivity index (χ2v) is 2.74. The van der Waals surface area contributed by atoms with E-state index in [9.17, 15) is 4.79 Å². The van der Waals surface area contributed by atoms with Crippen LogP contribution in [-0.2, 0) is 4.79 Å². The molecule has 0 aliphatic rings. The van der Waals surface area contributed by atoms with Crippen LogP contribution in [0.3, 0.4) is 0 Å². The summed E-state index contributed by atoms with van der Waals surface area (Å²) >= 11 is 0. The highest BCUT2D eigenvalue weighted by atomic mass is 16.4. The fourth-order valence-corrected chi connectivity index (χ4v) is 0.945. The van der Waals surface area contributed by atoms with E-state index in [2.05, 4.69) is 13.2 Å². The minimum Gasteiger partial charge on any atom is -0.480 e. The molecule has 4 heteroatoms. The maximum absolute atomic E-state index is 10.4. The summed E-state index contributed by atoms with van der Waals surface area (Å²) in [7, 11) is 0. The van der Waals surface area contributed by atoms with Crippen molar-refractivity contribution in [1.82, 2.24) is 4.90 Å². The molecule has 0 rings (SSSR count). The highest BCUT2D eigenvalue weighted by Gasteiger charge is 2.14. The van der Waals surface area contributed by atoms with Crippen molar-refractivity contribution in [3.05, 3.63) is 25.3 Å². The molecule has 0 spiro atoms. The van der Waals surface area contributed by atoms with E-state index in [-0.39, 0.29) is 0 Å². The van der Waals surface area contributed by atoms with Crippen molar-refractivity contribution in [2.45, 2.75) is 6.04 Å². The van der Waals surface area contributed by atoms with Crippen LogP contribution < -0.4 is 5.73 Å². The second kappa shape index (κ2) is 6.39. The molecule has 0 aliphatic heterocycles. The number of carboxylic acids is 1. The molecule has 0 amide bonds. The van der Waals surface area contributed by atoms with Crippen molar-refractivity contribution >= 4 is 5.97 Å². The minimum absolute atomic E-state index is 0.313. The molecule has 4 nitrogen and oxygen atoms in total.